The summed E-state index contributed by atoms with van der Waals surface area (Å²) in [5.74, 6) is -0.0123. The molecule has 7 nitrogen and oxygen atoms in total. The van der Waals surface area contributed by atoms with Crippen LogP contribution >= 0.6 is 39.1 Å². The van der Waals surface area contributed by atoms with Crippen LogP contribution in [0.1, 0.15) is 10.4 Å². The van der Waals surface area contributed by atoms with Gasteiger partial charge in [0.2, 0.25) is 0 Å². The second-order valence-corrected chi connectivity index (χ2v) is 10.9. The molecule has 4 aromatic rings. The van der Waals surface area contributed by atoms with E-state index in [0.717, 1.165) is 0 Å². The lowest BCUT2D eigenvalue weighted by Crippen LogP contribution is -2.18. The average molecular weight is 608 g/mol. The van der Waals surface area contributed by atoms with Crippen LogP contribution in [-0.2, 0) is 10.0 Å². The number of anilines is 2. The molecule has 0 spiro atoms. The SMILES string of the molecule is O=C(Nc1ccc(Br)cc1O)c1cc(Cl)ccc1NS(=O)(=O)c1ccc(Oc2ccccc2Cl)cc1. The van der Waals surface area contributed by atoms with E-state index in [0.29, 0.717) is 21.0 Å². The topological polar surface area (TPSA) is 105 Å². The Morgan fingerprint density at radius 3 is 2.28 bits per heavy atom. The maximum atomic E-state index is 13.1. The number of phenols is 1. The van der Waals surface area contributed by atoms with Crippen molar-refractivity contribution in [1.82, 2.24) is 0 Å². The number of para-hydroxylation sites is 1. The molecule has 0 radical (unpaired) electrons. The fourth-order valence-corrected chi connectivity index (χ4v) is 4.91. The van der Waals surface area contributed by atoms with Gasteiger partial charge in [-0.05, 0) is 72.8 Å². The summed E-state index contributed by atoms with van der Waals surface area (Å²) in [5, 5.41) is 13.3. The van der Waals surface area contributed by atoms with E-state index >= 15 is 0 Å². The normalized spacial score (nSPS) is 11.1. The molecule has 0 aliphatic heterocycles. The van der Waals surface area contributed by atoms with Gasteiger partial charge in [0.25, 0.3) is 15.9 Å². The number of carbonyl (C=O) groups is 1. The molecule has 0 aromatic heterocycles. The molecule has 0 saturated heterocycles. The summed E-state index contributed by atoms with van der Waals surface area (Å²) in [5.41, 5.74) is 0.114. The first-order chi connectivity index (χ1) is 17.1. The molecule has 184 valence electrons. The third-order valence-corrected chi connectivity index (χ3v) is 7.30. The Labute approximate surface area is 225 Å². The molecular weight excluding hydrogens is 591 g/mol. The zero-order valence-electron chi connectivity index (χ0n) is 18.2. The van der Waals surface area contributed by atoms with Crippen molar-refractivity contribution >= 4 is 66.4 Å². The number of rotatable bonds is 7. The van der Waals surface area contributed by atoms with Crippen LogP contribution in [0.3, 0.4) is 0 Å². The molecule has 0 heterocycles. The fraction of sp³-hybridized carbons (Fsp3) is 0. The number of amides is 1. The molecule has 1 amide bonds. The Morgan fingerprint density at radius 2 is 1.58 bits per heavy atom. The van der Waals surface area contributed by atoms with Crippen molar-refractivity contribution in [3.63, 3.8) is 0 Å². The molecule has 36 heavy (non-hydrogen) atoms. The van der Waals surface area contributed by atoms with Gasteiger partial charge in [-0.15, -0.1) is 0 Å². The van der Waals surface area contributed by atoms with Gasteiger partial charge in [0, 0.05) is 9.50 Å². The van der Waals surface area contributed by atoms with Gasteiger partial charge in [0.1, 0.15) is 17.2 Å². The number of nitrogens with one attached hydrogen (secondary N) is 2. The van der Waals surface area contributed by atoms with Crippen molar-refractivity contribution < 1.29 is 23.1 Å². The van der Waals surface area contributed by atoms with E-state index in [4.69, 9.17) is 27.9 Å². The van der Waals surface area contributed by atoms with E-state index in [1.165, 1.54) is 54.6 Å². The highest BCUT2D eigenvalue weighted by atomic mass is 79.9. The number of benzene rings is 4. The van der Waals surface area contributed by atoms with Crippen LogP contribution in [-0.4, -0.2) is 19.4 Å². The Kier molecular flexibility index (Phi) is 7.75. The molecule has 0 saturated carbocycles. The van der Waals surface area contributed by atoms with E-state index in [9.17, 15) is 18.3 Å². The number of hydrogen-bond donors (Lipinski definition) is 3. The summed E-state index contributed by atoms with van der Waals surface area (Å²) in [6, 6.07) is 21.3. The van der Waals surface area contributed by atoms with Crippen LogP contribution in [0.2, 0.25) is 10.0 Å². The van der Waals surface area contributed by atoms with Gasteiger partial charge in [-0.1, -0.05) is 51.3 Å². The van der Waals surface area contributed by atoms with Crippen LogP contribution in [0.15, 0.2) is 94.3 Å². The van der Waals surface area contributed by atoms with Crippen molar-refractivity contribution in [3.8, 4) is 17.2 Å². The van der Waals surface area contributed by atoms with Crippen molar-refractivity contribution in [2.24, 2.45) is 0 Å². The highest BCUT2D eigenvalue weighted by molar-refractivity contribution is 9.10. The molecule has 4 rings (SSSR count). The van der Waals surface area contributed by atoms with Gasteiger partial charge in [-0.25, -0.2) is 8.42 Å². The number of phenolic OH excluding ortho intramolecular Hbond substituents is 1. The van der Waals surface area contributed by atoms with Gasteiger partial charge in [-0.3, -0.25) is 9.52 Å². The first-order valence-electron chi connectivity index (χ1n) is 10.3. The average Bonchev–Trinajstić information content (AvgIpc) is 2.83. The van der Waals surface area contributed by atoms with E-state index in [1.807, 2.05) is 0 Å². The summed E-state index contributed by atoms with van der Waals surface area (Å²) in [6.45, 7) is 0. The number of sulfonamides is 1. The van der Waals surface area contributed by atoms with Gasteiger partial charge in [0.15, 0.2) is 0 Å². The highest BCUT2D eigenvalue weighted by Crippen LogP contribution is 2.31. The zero-order chi connectivity index (χ0) is 25.9. The summed E-state index contributed by atoms with van der Waals surface area (Å²) < 4.78 is 34.8. The fourth-order valence-electron chi connectivity index (χ4n) is 3.14. The summed E-state index contributed by atoms with van der Waals surface area (Å²) in [6.07, 6.45) is 0. The Hall–Kier alpha value is -3.24. The summed E-state index contributed by atoms with van der Waals surface area (Å²) in [7, 11) is -4.08. The molecule has 0 unspecified atom stereocenters. The molecule has 0 atom stereocenters. The maximum Gasteiger partial charge on any atom is 0.261 e. The first-order valence-corrected chi connectivity index (χ1v) is 13.3. The van der Waals surface area contributed by atoms with E-state index in [2.05, 4.69) is 26.0 Å². The van der Waals surface area contributed by atoms with Crippen molar-refractivity contribution in [3.05, 3.63) is 105 Å². The number of halogens is 3. The minimum absolute atomic E-state index is 0.00453. The van der Waals surface area contributed by atoms with Crippen LogP contribution in [0.25, 0.3) is 0 Å². The lowest BCUT2D eigenvalue weighted by molar-refractivity contribution is 0.102. The second-order valence-electron chi connectivity index (χ2n) is 7.41. The van der Waals surface area contributed by atoms with Crippen LogP contribution in [0.4, 0.5) is 11.4 Å². The van der Waals surface area contributed by atoms with Crippen molar-refractivity contribution in [2.75, 3.05) is 10.0 Å². The molecule has 0 fully saturated rings. The smallest absolute Gasteiger partial charge is 0.261 e. The van der Waals surface area contributed by atoms with Crippen LogP contribution in [0.5, 0.6) is 17.2 Å². The van der Waals surface area contributed by atoms with Crippen molar-refractivity contribution in [1.29, 1.82) is 0 Å². The predicted octanol–water partition coefficient (Wildman–Crippen LogP) is 7.31. The molecular formula is C25H17BrCl2N2O5S. The summed E-state index contributed by atoms with van der Waals surface area (Å²) in [4.78, 5) is 12.9. The van der Waals surface area contributed by atoms with Gasteiger partial charge in [0.05, 0.1) is 26.9 Å². The molecule has 3 N–H and O–H groups in total. The Bertz CT molecular complexity index is 1550. The summed E-state index contributed by atoms with van der Waals surface area (Å²) >= 11 is 15.4. The van der Waals surface area contributed by atoms with E-state index in [1.54, 1.807) is 30.3 Å². The zero-order valence-corrected chi connectivity index (χ0v) is 22.1. The van der Waals surface area contributed by atoms with Crippen LogP contribution in [0, 0.1) is 0 Å². The van der Waals surface area contributed by atoms with Gasteiger partial charge >= 0.3 is 0 Å². The number of aromatic hydroxyl groups is 1. The lowest BCUT2D eigenvalue weighted by Gasteiger charge is -2.14. The minimum Gasteiger partial charge on any atom is -0.506 e. The third-order valence-electron chi connectivity index (χ3n) is 4.88. The largest absolute Gasteiger partial charge is 0.506 e. The standard InChI is InChI=1S/C25H17BrCl2N2O5S/c26-15-5-11-22(23(31)13-15)29-25(32)19-14-16(27)6-12-21(19)30-36(33,34)18-9-7-17(8-10-18)35-24-4-2-1-3-20(24)28/h1-14,30-31H,(H,29,32). The predicted molar refractivity (Wildman–Crippen MR) is 144 cm³/mol. The van der Waals surface area contributed by atoms with Gasteiger partial charge in [-0.2, -0.15) is 0 Å². The van der Waals surface area contributed by atoms with E-state index < -0.39 is 15.9 Å². The quantitative estimate of drug-likeness (QED) is 0.191. The number of carbonyl (C=O) groups excluding carboxylic acids is 1. The van der Waals surface area contributed by atoms with E-state index in [-0.39, 0.29) is 32.6 Å². The van der Waals surface area contributed by atoms with Gasteiger partial charge < -0.3 is 15.2 Å². The molecule has 11 heteroatoms. The van der Waals surface area contributed by atoms with Crippen molar-refractivity contribution in [2.45, 2.75) is 4.90 Å². The molecule has 0 bridgehead atoms. The minimum atomic E-state index is -4.08. The molecule has 0 aliphatic carbocycles. The monoisotopic (exact) mass is 606 g/mol. The lowest BCUT2D eigenvalue weighted by atomic mass is 10.1. The van der Waals surface area contributed by atoms with Crippen LogP contribution < -0.4 is 14.8 Å². The first kappa shape index (κ1) is 25.8. The third kappa shape index (κ3) is 6.11. The highest BCUT2D eigenvalue weighted by Gasteiger charge is 2.20. The Balaban J connectivity index is 1.56. The number of ether oxygens (including phenoxy) is 1. The molecule has 4 aromatic carbocycles. The maximum absolute atomic E-state index is 13.1. The molecule has 0 aliphatic rings. The second kappa shape index (κ2) is 10.8. The number of hydrogen-bond acceptors (Lipinski definition) is 5. The Morgan fingerprint density at radius 1 is 0.889 bits per heavy atom.